The van der Waals surface area contributed by atoms with Crippen LogP contribution in [-0.2, 0) is 17.9 Å². The molecule has 0 spiro atoms. The molecule has 0 radical (unpaired) electrons. The molecule has 1 fully saturated rings. The van der Waals surface area contributed by atoms with Gasteiger partial charge in [0.05, 0.1) is 12.2 Å². The number of hydrogen-bond acceptors (Lipinski definition) is 3. The number of hydrogen-bond donors (Lipinski definition) is 2. The Morgan fingerprint density at radius 3 is 2.57 bits per heavy atom. The zero-order valence-electron chi connectivity index (χ0n) is 11.7. The summed E-state index contributed by atoms with van der Waals surface area (Å²) in [5.41, 5.74) is 2.35. The van der Waals surface area contributed by atoms with Crippen molar-refractivity contribution in [2.24, 2.45) is 5.92 Å². The summed E-state index contributed by atoms with van der Waals surface area (Å²) in [4.78, 5) is 15.7. The minimum absolute atomic E-state index is 0. The minimum Gasteiger partial charge on any atom is -0.352 e. The highest BCUT2D eigenvalue weighted by Gasteiger charge is 2.24. The van der Waals surface area contributed by atoms with Crippen molar-refractivity contribution < 1.29 is 4.79 Å². The second kappa shape index (κ2) is 7.24. The van der Waals surface area contributed by atoms with Crippen molar-refractivity contribution >= 4 is 18.3 Å². The number of imidazole rings is 1. The van der Waals surface area contributed by atoms with Crippen molar-refractivity contribution in [2.45, 2.75) is 13.1 Å². The highest BCUT2D eigenvalue weighted by Crippen LogP contribution is 2.07. The van der Waals surface area contributed by atoms with Crippen LogP contribution in [0, 0.1) is 5.92 Å². The van der Waals surface area contributed by atoms with Gasteiger partial charge in [0, 0.05) is 38.6 Å². The quantitative estimate of drug-likeness (QED) is 0.872. The van der Waals surface area contributed by atoms with Gasteiger partial charge < -0.3 is 15.2 Å². The average molecular weight is 307 g/mol. The second-order valence-corrected chi connectivity index (χ2v) is 5.12. The molecule has 112 valence electrons. The predicted molar refractivity (Wildman–Crippen MR) is 83.2 cm³/mol. The Morgan fingerprint density at radius 1 is 1.29 bits per heavy atom. The lowest BCUT2D eigenvalue weighted by molar-refractivity contribution is -0.126. The summed E-state index contributed by atoms with van der Waals surface area (Å²) < 4.78 is 2.03. The van der Waals surface area contributed by atoms with Crippen LogP contribution in [0.2, 0.25) is 0 Å². The van der Waals surface area contributed by atoms with E-state index < -0.39 is 0 Å². The third kappa shape index (κ3) is 4.06. The van der Waals surface area contributed by atoms with E-state index in [0.29, 0.717) is 6.54 Å². The Morgan fingerprint density at radius 2 is 2.00 bits per heavy atom. The van der Waals surface area contributed by atoms with Crippen molar-refractivity contribution in [2.75, 3.05) is 13.1 Å². The number of halogens is 1. The Hall–Kier alpha value is -1.85. The van der Waals surface area contributed by atoms with Crippen molar-refractivity contribution in [3.05, 3.63) is 54.1 Å². The minimum atomic E-state index is 0. The fourth-order valence-corrected chi connectivity index (χ4v) is 2.16. The zero-order valence-corrected chi connectivity index (χ0v) is 12.5. The number of carbonyl (C=O) groups is 1. The van der Waals surface area contributed by atoms with E-state index in [2.05, 4.69) is 39.9 Å². The van der Waals surface area contributed by atoms with Gasteiger partial charge in [-0.3, -0.25) is 4.79 Å². The fourth-order valence-electron chi connectivity index (χ4n) is 2.16. The van der Waals surface area contributed by atoms with Crippen molar-refractivity contribution in [1.82, 2.24) is 20.2 Å². The third-order valence-electron chi connectivity index (χ3n) is 3.57. The van der Waals surface area contributed by atoms with Crippen LogP contribution in [0.3, 0.4) is 0 Å². The number of benzene rings is 1. The van der Waals surface area contributed by atoms with E-state index in [0.717, 1.165) is 25.2 Å². The summed E-state index contributed by atoms with van der Waals surface area (Å²) in [7, 11) is 0. The number of aromatic nitrogens is 2. The molecule has 6 heteroatoms. The van der Waals surface area contributed by atoms with E-state index in [1.54, 1.807) is 12.5 Å². The van der Waals surface area contributed by atoms with E-state index in [-0.39, 0.29) is 24.2 Å². The molecule has 1 amide bonds. The van der Waals surface area contributed by atoms with Crippen LogP contribution in [0.1, 0.15) is 11.1 Å². The summed E-state index contributed by atoms with van der Waals surface area (Å²) >= 11 is 0. The van der Waals surface area contributed by atoms with Crippen LogP contribution in [-0.4, -0.2) is 28.5 Å². The van der Waals surface area contributed by atoms with Gasteiger partial charge in [-0.2, -0.15) is 0 Å². The van der Waals surface area contributed by atoms with E-state index >= 15 is 0 Å². The lowest BCUT2D eigenvalue weighted by atomic mass is 10.0. The lowest BCUT2D eigenvalue weighted by Crippen LogP contribution is -2.50. The van der Waals surface area contributed by atoms with Crippen LogP contribution in [0.25, 0.3) is 0 Å². The molecule has 0 bridgehead atoms. The maximum atomic E-state index is 11.7. The Balaban J connectivity index is 0.00000161. The molecule has 1 aromatic heterocycles. The maximum Gasteiger partial charge on any atom is 0.225 e. The van der Waals surface area contributed by atoms with E-state index in [1.807, 2.05) is 10.8 Å². The van der Waals surface area contributed by atoms with E-state index in [1.165, 1.54) is 5.56 Å². The first-order valence-corrected chi connectivity index (χ1v) is 6.83. The molecule has 0 atom stereocenters. The van der Waals surface area contributed by atoms with Gasteiger partial charge in [0.1, 0.15) is 0 Å². The van der Waals surface area contributed by atoms with E-state index in [4.69, 9.17) is 0 Å². The van der Waals surface area contributed by atoms with Crippen LogP contribution < -0.4 is 10.6 Å². The summed E-state index contributed by atoms with van der Waals surface area (Å²) in [6.07, 6.45) is 5.53. The molecule has 3 rings (SSSR count). The molecule has 0 aliphatic carbocycles. The molecule has 21 heavy (non-hydrogen) atoms. The van der Waals surface area contributed by atoms with Gasteiger partial charge in [-0.1, -0.05) is 24.3 Å². The molecule has 1 saturated heterocycles. The Kier molecular flexibility index (Phi) is 5.36. The standard InChI is InChI=1S/C15H18N4O.ClH/c20-15(14-8-17-9-14)18-7-12-1-3-13(4-2-12)10-19-6-5-16-11-19;/h1-6,11,14,17H,7-10H2,(H,18,20);1H. The number of nitrogens with zero attached hydrogens (tertiary/aromatic N) is 2. The lowest BCUT2D eigenvalue weighted by Gasteiger charge is -2.25. The molecule has 2 heterocycles. The highest BCUT2D eigenvalue weighted by molar-refractivity contribution is 5.85. The second-order valence-electron chi connectivity index (χ2n) is 5.12. The Bertz CT molecular complexity index is 564. The zero-order chi connectivity index (χ0) is 13.8. The van der Waals surface area contributed by atoms with Crippen LogP contribution >= 0.6 is 12.4 Å². The van der Waals surface area contributed by atoms with E-state index in [9.17, 15) is 4.79 Å². The number of carbonyl (C=O) groups excluding carboxylic acids is 1. The topological polar surface area (TPSA) is 59.0 Å². The molecule has 2 aromatic rings. The number of amides is 1. The SMILES string of the molecule is Cl.O=C(NCc1ccc(Cn2ccnc2)cc1)C1CNC1. The Labute approximate surface area is 130 Å². The molecular weight excluding hydrogens is 288 g/mol. The molecule has 0 saturated carbocycles. The summed E-state index contributed by atoms with van der Waals surface area (Å²) in [6.45, 7) is 3.02. The van der Waals surface area contributed by atoms with Gasteiger partial charge in [0.15, 0.2) is 0 Å². The molecule has 1 aromatic carbocycles. The van der Waals surface area contributed by atoms with Crippen molar-refractivity contribution in [3.8, 4) is 0 Å². The van der Waals surface area contributed by atoms with Gasteiger partial charge in [0.25, 0.3) is 0 Å². The largest absolute Gasteiger partial charge is 0.352 e. The van der Waals surface area contributed by atoms with Gasteiger partial charge in [0.2, 0.25) is 5.91 Å². The molecular formula is C15H19ClN4O. The molecule has 0 unspecified atom stereocenters. The predicted octanol–water partition coefficient (Wildman–Crippen LogP) is 1.19. The molecule has 5 nitrogen and oxygen atoms in total. The van der Waals surface area contributed by atoms with Crippen LogP contribution in [0.5, 0.6) is 0 Å². The molecule has 1 aliphatic rings. The first-order valence-electron chi connectivity index (χ1n) is 6.83. The van der Waals surface area contributed by atoms with Crippen molar-refractivity contribution in [3.63, 3.8) is 0 Å². The number of rotatable bonds is 5. The third-order valence-corrected chi connectivity index (χ3v) is 3.57. The van der Waals surface area contributed by atoms with Crippen molar-refractivity contribution in [1.29, 1.82) is 0 Å². The maximum absolute atomic E-state index is 11.7. The summed E-state index contributed by atoms with van der Waals surface area (Å²) in [5, 5.41) is 6.07. The fraction of sp³-hybridized carbons (Fsp3) is 0.333. The molecule has 1 aliphatic heterocycles. The average Bonchev–Trinajstić information content (AvgIpc) is 2.89. The van der Waals surface area contributed by atoms with Gasteiger partial charge >= 0.3 is 0 Å². The first kappa shape index (κ1) is 15.5. The highest BCUT2D eigenvalue weighted by atomic mass is 35.5. The number of nitrogens with one attached hydrogen (secondary N) is 2. The smallest absolute Gasteiger partial charge is 0.225 e. The summed E-state index contributed by atoms with van der Waals surface area (Å²) in [6, 6.07) is 8.30. The summed E-state index contributed by atoms with van der Waals surface area (Å²) in [5.74, 6) is 0.293. The van der Waals surface area contributed by atoms with Gasteiger partial charge in [-0.05, 0) is 11.1 Å². The van der Waals surface area contributed by atoms with Crippen LogP contribution in [0.15, 0.2) is 43.0 Å². The van der Waals surface area contributed by atoms with Gasteiger partial charge in [-0.15, -0.1) is 12.4 Å². The first-order chi connectivity index (χ1) is 9.81. The van der Waals surface area contributed by atoms with Gasteiger partial charge in [-0.25, -0.2) is 4.98 Å². The van der Waals surface area contributed by atoms with Crippen LogP contribution in [0.4, 0.5) is 0 Å². The monoisotopic (exact) mass is 306 g/mol. The normalized spacial score (nSPS) is 14.1. The molecule has 2 N–H and O–H groups in total.